The van der Waals surface area contributed by atoms with E-state index in [0.717, 1.165) is 25.9 Å². The Morgan fingerprint density at radius 1 is 1.45 bits per heavy atom. The highest BCUT2D eigenvalue weighted by Gasteiger charge is 2.18. The first-order chi connectivity index (χ1) is 10.5. The summed E-state index contributed by atoms with van der Waals surface area (Å²) in [4.78, 5) is 12.3. The number of rotatable bonds is 6. The summed E-state index contributed by atoms with van der Waals surface area (Å²) in [6.07, 6.45) is 3.41. The molecule has 0 saturated carbocycles. The van der Waals surface area contributed by atoms with Crippen LogP contribution in [0.4, 0.5) is 0 Å². The Hall–Kier alpha value is -1.70. The lowest BCUT2D eigenvalue weighted by Crippen LogP contribution is -2.45. The molecule has 2 rings (SSSR count). The molecule has 1 unspecified atom stereocenters. The number of amides is 1. The number of carbonyl (C=O) groups is 1. The number of piperidine rings is 1. The van der Waals surface area contributed by atoms with Crippen molar-refractivity contribution in [3.05, 3.63) is 42.5 Å². The molecule has 3 N–H and O–H groups in total. The van der Waals surface area contributed by atoms with Crippen molar-refractivity contribution in [3.8, 4) is 0 Å². The largest absolute Gasteiger partial charge is 0.348 e. The molecule has 0 aliphatic carbocycles. The summed E-state index contributed by atoms with van der Waals surface area (Å²) in [6, 6.07) is 6.11. The molecule has 120 valence electrons. The van der Waals surface area contributed by atoms with E-state index in [1.807, 2.05) is 0 Å². The monoisotopic (exact) mass is 323 g/mol. The summed E-state index contributed by atoms with van der Waals surface area (Å²) >= 11 is 0. The number of benzene rings is 1. The third-order valence-electron chi connectivity index (χ3n) is 3.46. The lowest BCUT2D eigenvalue weighted by molar-refractivity contribution is 0.0930. The Morgan fingerprint density at radius 2 is 2.27 bits per heavy atom. The smallest absolute Gasteiger partial charge is 0.251 e. The van der Waals surface area contributed by atoms with E-state index in [1.165, 1.54) is 18.2 Å². The minimum atomic E-state index is -3.63. The second-order valence-electron chi connectivity index (χ2n) is 5.19. The van der Waals surface area contributed by atoms with Crippen LogP contribution in [0.5, 0.6) is 0 Å². The summed E-state index contributed by atoms with van der Waals surface area (Å²) in [7, 11) is -3.63. The van der Waals surface area contributed by atoms with Crippen LogP contribution in [0.25, 0.3) is 0 Å². The molecule has 1 heterocycles. The van der Waals surface area contributed by atoms with Crippen molar-refractivity contribution in [3.63, 3.8) is 0 Å². The molecule has 1 fully saturated rings. The normalized spacial score (nSPS) is 18.6. The lowest BCUT2D eigenvalue weighted by atomic mass is 10.1. The minimum absolute atomic E-state index is 0.0729. The van der Waals surface area contributed by atoms with Crippen LogP contribution in [0.2, 0.25) is 0 Å². The standard InChI is InChI=1S/C15H21N3O3S/c1-2-8-17-22(20,21)14-7-3-5-12(10-14)15(19)18-13-6-4-9-16-11-13/h2-3,5,7,10,13,16-17H,1,4,6,8-9,11H2,(H,18,19). The molecule has 22 heavy (non-hydrogen) atoms. The Balaban J connectivity index is 2.10. The number of hydrogen-bond donors (Lipinski definition) is 3. The first kappa shape index (κ1) is 16.7. The predicted molar refractivity (Wildman–Crippen MR) is 85.2 cm³/mol. The van der Waals surface area contributed by atoms with Crippen LogP contribution >= 0.6 is 0 Å². The van der Waals surface area contributed by atoms with E-state index in [-0.39, 0.29) is 23.4 Å². The summed E-state index contributed by atoms with van der Waals surface area (Å²) in [5.74, 6) is -0.255. The molecule has 0 spiro atoms. The number of carbonyl (C=O) groups excluding carboxylic acids is 1. The second kappa shape index (κ2) is 7.53. The fourth-order valence-electron chi connectivity index (χ4n) is 2.30. The summed E-state index contributed by atoms with van der Waals surface area (Å²) < 4.78 is 26.5. The van der Waals surface area contributed by atoms with E-state index < -0.39 is 10.0 Å². The quantitative estimate of drug-likeness (QED) is 0.670. The van der Waals surface area contributed by atoms with E-state index in [9.17, 15) is 13.2 Å². The van der Waals surface area contributed by atoms with Gasteiger partial charge < -0.3 is 10.6 Å². The SMILES string of the molecule is C=CCNS(=O)(=O)c1cccc(C(=O)NC2CCCNC2)c1. The van der Waals surface area contributed by atoms with Crippen molar-refractivity contribution in [1.29, 1.82) is 0 Å². The fourth-order valence-corrected chi connectivity index (χ4v) is 3.34. The van der Waals surface area contributed by atoms with Gasteiger partial charge in [-0.2, -0.15) is 0 Å². The molecule has 1 aromatic carbocycles. The summed E-state index contributed by atoms with van der Waals surface area (Å²) in [5, 5.41) is 6.14. The average molecular weight is 323 g/mol. The van der Waals surface area contributed by atoms with Gasteiger partial charge in [0, 0.05) is 24.7 Å². The number of hydrogen-bond acceptors (Lipinski definition) is 4. The molecule has 1 amide bonds. The molecule has 7 heteroatoms. The Bertz CT molecular complexity index is 637. The zero-order valence-corrected chi connectivity index (χ0v) is 13.2. The maximum atomic E-state index is 12.2. The zero-order chi connectivity index (χ0) is 16.0. The van der Waals surface area contributed by atoms with E-state index in [1.54, 1.807) is 12.1 Å². The van der Waals surface area contributed by atoms with Crippen LogP contribution in [0.1, 0.15) is 23.2 Å². The van der Waals surface area contributed by atoms with E-state index in [0.29, 0.717) is 5.56 Å². The zero-order valence-electron chi connectivity index (χ0n) is 12.3. The van der Waals surface area contributed by atoms with Crippen LogP contribution < -0.4 is 15.4 Å². The van der Waals surface area contributed by atoms with Crippen molar-refractivity contribution in [2.24, 2.45) is 0 Å². The van der Waals surface area contributed by atoms with Gasteiger partial charge >= 0.3 is 0 Å². The van der Waals surface area contributed by atoms with Crippen molar-refractivity contribution in [2.45, 2.75) is 23.8 Å². The highest BCUT2D eigenvalue weighted by molar-refractivity contribution is 7.89. The van der Waals surface area contributed by atoms with Gasteiger partial charge in [0.2, 0.25) is 10.0 Å². The highest BCUT2D eigenvalue weighted by atomic mass is 32.2. The Morgan fingerprint density at radius 3 is 2.95 bits per heavy atom. The second-order valence-corrected chi connectivity index (χ2v) is 6.95. The van der Waals surface area contributed by atoms with Crippen LogP contribution in [0.3, 0.4) is 0 Å². The van der Waals surface area contributed by atoms with E-state index in [2.05, 4.69) is 21.9 Å². The lowest BCUT2D eigenvalue weighted by Gasteiger charge is -2.23. The first-order valence-corrected chi connectivity index (χ1v) is 8.73. The Labute approximate surface area is 131 Å². The minimum Gasteiger partial charge on any atom is -0.348 e. The third-order valence-corrected chi connectivity index (χ3v) is 4.88. The van der Waals surface area contributed by atoms with Gasteiger partial charge in [-0.15, -0.1) is 6.58 Å². The van der Waals surface area contributed by atoms with Crippen molar-refractivity contribution in [1.82, 2.24) is 15.4 Å². The van der Waals surface area contributed by atoms with Crippen LogP contribution in [0, 0.1) is 0 Å². The van der Waals surface area contributed by atoms with Gasteiger partial charge in [0.15, 0.2) is 0 Å². The maximum absolute atomic E-state index is 12.2. The molecule has 6 nitrogen and oxygen atoms in total. The molecule has 1 aliphatic rings. The molecule has 1 atom stereocenters. The Kier molecular flexibility index (Phi) is 5.70. The molecule has 0 aromatic heterocycles. The van der Waals surface area contributed by atoms with Crippen LogP contribution in [-0.4, -0.2) is 40.0 Å². The molecule has 0 bridgehead atoms. The third kappa shape index (κ3) is 4.40. The van der Waals surface area contributed by atoms with Crippen molar-refractivity contribution < 1.29 is 13.2 Å². The van der Waals surface area contributed by atoms with E-state index >= 15 is 0 Å². The summed E-state index contributed by atoms with van der Waals surface area (Å²) in [5.41, 5.74) is 0.340. The van der Waals surface area contributed by atoms with Gasteiger partial charge in [-0.3, -0.25) is 4.79 Å². The van der Waals surface area contributed by atoms with Gasteiger partial charge in [-0.1, -0.05) is 12.1 Å². The molecular formula is C15H21N3O3S. The van der Waals surface area contributed by atoms with Gasteiger partial charge in [0.05, 0.1) is 4.90 Å². The highest BCUT2D eigenvalue weighted by Crippen LogP contribution is 2.12. The molecule has 0 radical (unpaired) electrons. The summed E-state index contributed by atoms with van der Waals surface area (Å²) in [6.45, 7) is 5.32. The fraction of sp³-hybridized carbons (Fsp3) is 0.400. The maximum Gasteiger partial charge on any atom is 0.251 e. The molecule has 1 aliphatic heterocycles. The van der Waals surface area contributed by atoms with Gasteiger partial charge in [-0.25, -0.2) is 13.1 Å². The van der Waals surface area contributed by atoms with Gasteiger partial charge in [0.25, 0.3) is 5.91 Å². The van der Waals surface area contributed by atoms with Crippen LogP contribution in [0.15, 0.2) is 41.8 Å². The van der Waals surface area contributed by atoms with E-state index in [4.69, 9.17) is 0 Å². The molecule has 1 aromatic rings. The van der Waals surface area contributed by atoms with Gasteiger partial charge in [0.1, 0.15) is 0 Å². The average Bonchev–Trinajstić information content (AvgIpc) is 2.54. The van der Waals surface area contributed by atoms with Crippen molar-refractivity contribution >= 4 is 15.9 Å². The number of nitrogens with one attached hydrogen (secondary N) is 3. The van der Waals surface area contributed by atoms with Gasteiger partial charge in [-0.05, 0) is 37.6 Å². The van der Waals surface area contributed by atoms with Crippen LogP contribution in [-0.2, 0) is 10.0 Å². The van der Waals surface area contributed by atoms with Crippen molar-refractivity contribution in [2.75, 3.05) is 19.6 Å². The predicted octanol–water partition coefficient (Wildman–Crippen LogP) is 0.633. The molecular weight excluding hydrogens is 302 g/mol. The molecule has 1 saturated heterocycles. The number of sulfonamides is 1. The first-order valence-electron chi connectivity index (χ1n) is 7.25. The topological polar surface area (TPSA) is 87.3 Å².